The van der Waals surface area contributed by atoms with Crippen LogP contribution >= 0.6 is 0 Å². The Bertz CT molecular complexity index is 251. The fourth-order valence-electron chi connectivity index (χ4n) is 0.569. The minimum absolute atomic E-state index is 0.178. The maximum atomic E-state index is 12.3. The number of hydrogen-bond donors (Lipinski definition) is 1. The van der Waals surface area contributed by atoms with Gasteiger partial charge in [0.25, 0.3) is 6.09 Å². The summed E-state index contributed by atoms with van der Waals surface area (Å²) in [6.07, 6.45) is -6.26. The van der Waals surface area contributed by atoms with E-state index in [1.807, 2.05) is 0 Å². The molecule has 1 heterocycles. The minimum Gasteiger partial charge on any atom is -0.337 e. The molecule has 1 N–H and O–H groups in total. The maximum absolute atomic E-state index is 12.3. The Hall–Kier alpha value is -1.14. The Labute approximate surface area is 63.8 Å². The third-order valence-electron chi connectivity index (χ3n) is 1.06. The van der Waals surface area contributed by atoms with Crippen molar-refractivity contribution in [2.45, 2.75) is 6.18 Å². The van der Waals surface area contributed by atoms with E-state index in [1.54, 1.807) is 0 Å². The first kappa shape index (κ1) is 8.95. The summed E-state index contributed by atoms with van der Waals surface area (Å²) in [5.41, 5.74) is -1.62. The largest absolute Gasteiger partial charge is 0.419 e. The molecule has 1 aliphatic rings. The molecule has 0 spiro atoms. The smallest absolute Gasteiger partial charge is 0.337 e. The average molecular weight is 185 g/mol. The molecule has 0 unspecified atom stereocenters. The van der Waals surface area contributed by atoms with Crippen molar-refractivity contribution in [3.05, 3.63) is 18.1 Å². The molecule has 0 aliphatic carbocycles. The van der Waals surface area contributed by atoms with Crippen LogP contribution in [0.5, 0.6) is 0 Å². The van der Waals surface area contributed by atoms with E-state index in [2.05, 4.69) is 4.99 Å². The Kier molecular flexibility index (Phi) is 2.03. The van der Waals surface area contributed by atoms with E-state index in [9.17, 15) is 22.0 Å². The highest BCUT2D eigenvalue weighted by Gasteiger charge is 2.39. The van der Waals surface area contributed by atoms with Crippen molar-refractivity contribution in [2.24, 2.45) is 4.99 Å². The van der Waals surface area contributed by atoms with Gasteiger partial charge in [0.05, 0.1) is 6.54 Å². The first-order chi connectivity index (χ1) is 5.41. The molecule has 0 fully saturated rings. The zero-order valence-electron chi connectivity index (χ0n) is 5.41. The number of alkyl halides is 3. The van der Waals surface area contributed by atoms with Gasteiger partial charge in [0.15, 0.2) is 0 Å². The fourth-order valence-corrected chi connectivity index (χ4v) is 0.569. The standard InChI is InChI=1S/C5H2F5N2/c6-3-2(5(8,9)10)1-11-4(7)12-3/h1H,(H,11,12). The van der Waals surface area contributed by atoms with E-state index in [0.29, 0.717) is 0 Å². The van der Waals surface area contributed by atoms with E-state index in [4.69, 9.17) is 0 Å². The highest BCUT2D eigenvalue weighted by Crippen LogP contribution is 2.31. The van der Waals surface area contributed by atoms with Crippen LogP contribution in [0.15, 0.2) is 16.5 Å². The molecule has 0 bridgehead atoms. The van der Waals surface area contributed by atoms with Crippen LogP contribution in [0.3, 0.4) is 0 Å². The Morgan fingerprint density at radius 3 is 2.25 bits per heavy atom. The normalized spacial score (nSPS) is 18.9. The summed E-state index contributed by atoms with van der Waals surface area (Å²) < 4.78 is 59.5. The van der Waals surface area contributed by atoms with Crippen LogP contribution in [0.1, 0.15) is 0 Å². The second-order valence-corrected chi connectivity index (χ2v) is 1.89. The lowest BCUT2D eigenvalue weighted by Crippen LogP contribution is -2.27. The predicted molar refractivity (Wildman–Crippen MR) is 30.2 cm³/mol. The van der Waals surface area contributed by atoms with Crippen LogP contribution in [-0.2, 0) is 0 Å². The quantitative estimate of drug-likeness (QED) is 0.451. The van der Waals surface area contributed by atoms with Crippen molar-refractivity contribution in [3.8, 4) is 0 Å². The average Bonchev–Trinajstić information content (AvgIpc) is 1.83. The Balaban J connectivity index is 2.98. The van der Waals surface area contributed by atoms with Gasteiger partial charge in [0.1, 0.15) is 5.57 Å². The molecule has 1 rings (SSSR count). The van der Waals surface area contributed by atoms with Crippen molar-refractivity contribution >= 4 is 6.09 Å². The zero-order valence-corrected chi connectivity index (χ0v) is 5.41. The highest BCUT2D eigenvalue weighted by molar-refractivity contribution is 5.76. The van der Waals surface area contributed by atoms with Crippen molar-refractivity contribution in [2.75, 3.05) is 0 Å². The molecule has 0 amide bonds. The Morgan fingerprint density at radius 1 is 1.25 bits per heavy atom. The lowest BCUT2D eigenvalue weighted by molar-refractivity contribution is -0.0923. The number of halogens is 5. The summed E-state index contributed by atoms with van der Waals surface area (Å²) in [7, 11) is 0. The van der Waals surface area contributed by atoms with Gasteiger partial charge in [-0.05, 0) is 0 Å². The number of hydrogen-bond acceptors (Lipinski definition) is 2. The molecule has 0 saturated heterocycles. The summed E-state index contributed by atoms with van der Waals surface area (Å²) in [6, 6.07) is 0. The lowest BCUT2D eigenvalue weighted by atomic mass is 10.2. The van der Waals surface area contributed by atoms with Gasteiger partial charge >= 0.3 is 6.18 Å². The van der Waals surface area contributed by atoms with E-state index in [-0.39, 0.29) is 6.54 Å². The van der Waals surface area contributed by atoms with Gasteiger partial charge < -0.3 is 5.32 Å². The summed E-state index contributed by atoms with van der Waals surface area (Å²) in [6.45, 7) is 0.178. The van der Waals surface area contributed by atoms with Gasteiger partial charge in [-0.1, -0.05) is 0 Å². The molecule has 0 aromatic carbocycles. The zero-order chi connectivity index (χ0) is 9.35. The van der Waals surface area contributed by atoms with Gasteiger partial charge in [0, 0.05) is 0 Å². The SMILES string of the molecule is FC1=NC(F)=C(C(F)(F)F)[CH]N1. The van der Waals surface area contributed by atoms with Crippen LogP contribution < -0.4 is 5.32 Å². The van der Waals surface area contributed by atoms with Crippen LogP contribution in [0.2, 0.25) is 0 Å². The molecule has 0 saturated carbocycles. The number of rotatable bonds is 0. The summed E-state index contributed by atoms with van der Waals surface area (Å²) in [5, 5.41) is 1.51. The number of nitrogens with one attached hydrogen (secondary N) is 1. The molecule has 7 heteroatoms. The van der Waals surface area contributed by atoms with Gasteiger partial charge in [-0.2, -0.15) is 26.9 Å². The predicted octanol–water partition coefficient (Wildman–Crippen LogP) is 1.82. The minimum atomic E-state index is -4.86. The molecular formula is C5H2F5N2. The van der Waals surface area contributed by atoms with E-state index >= 15 is 0 Å². The van der Waals surface area contributed by atoms with Gasteiger partial charge in [0.2, 0.25) is 5.95 Å². The van der Waals surface area contributed by atoms with Crippen LogP contribution in [0.25, 0.3) is 0 Å². The van der Waals surface area contributed by atoms with Gasteiger partial charge in [-0.3, -0.25) is 0 Å². The molecule has 0 aromatic heterocycles. The fraction of sp³-hybridized carbons (Fsp3) is 0.200. The van der Waals surface area contributed by atoms with E-state index < -0.39 is 23.8 Å². The van der Waals surface area contributed by atoms with Gasteiger partial charge in [-0.15, -0.1) is 0 Å². The molecule has 0 aromatic rings. The maximum Gasteiger partial charge on any atom is 0.419 e. The van der Waals surface area contributed by atoms with E-state index in [1.165, 1.54) is 5.32 Å². The first-order valence-corrected chi connectivity index (χ1v) is 2.72. The topological polar surface area (TPSA) is 24.4 Å². The van der Waals surface area contributed by atoms with Crippen molar-refractivity contribution in [1.29, 1.82) is 0 Å². The molecule has 12 heavy (non-hydrogen) atoms. The lowest BCUT2D eigenvalue weighted by Gasteiger charge is -2.14. The number of nitrogens with zero attached hydrogens (tertiary/aromatic N) is 1. The summed E-state index contributed by atoms with van der Waals surface area (Å²) >= 11 is 0. The third kappa shape index (κ3) is 1.72. The molecule has 0 atom stereocenters. The first-order valence-electron chi connectivity index (χ1n) is 2.72. The summed E-state index contributed by atoms with van der Waals surface area (Å²) in [4.78, 5) is 2.33. The molecule has 67 valence electrons. The molecule has 1 aliphatic heterocycles. The second kappa shape index (κ2) is 2.72. The van der Waals surface area contributed by atoms with E-state index in [0.717, 1.165) is 0 Å². The van der Waals surface area contributed by atoms with Gasteiger partial charge in [-0.25, -0.2) is 0 Å². The van der Waals surface area contributed by atoms with Crippen molar-refractivity contribution < 1.29 is 22.0 Å². The monoisotopic (exact) mass is 185 g/mol. The molecular weight excluding hydrogens is 183 g/mol. The highest BCUT2D eigenvalue weighted by atomic mass is 19.4. The Morgan fingerprint density at radius 2 is 1.83 bits per heavy atom. The third-order valence-corrected chi connectivity index (χ3v) is 1.06. The number of aliphatic imine (C=N–C) groups is 1. The van der Waals surface area contributed by atoms with Crippen molar-refractivity contribution in [3.63, 3.8) is 0 Å². The van der Waals surface area contributed by atoms with Crippen LogP contribution in [-0.4, -0.2) is 12.3 Å². The van der Waals surface area contributed by atoms with Crippen LogP contribution in [0.4, 0.5) is 22.0 Å². The number of amidine groups is 1. The molecule has 2 nitrogen and oxygen atoms in total. The molecule has 1 radical (unpaired) electrons. The van der Waals surface area contributed by atoms with Crippen LogP contribution in [0, 0.1) is 6.54 Å². The summed E-state index contributed by atoms with van der Waals surface area (Å²) in [5.74, 6) is -1.88. The van der Waals surface area contributed by atoms with Crippen molar-refractivity contribution in [1.82, 2.24) is 5.32 Å². The second-order valence-electron chi connectivity index (χ2n) is 1.89.